The van der Waals surface area contributed by atoms with Gasteiger partial charge >= 0.3 is 0 Å². The summed E-state index contributed by atoms with van der Waals surface area (Å²) in [4.78, 5) is 0. The summed E-state index contributed by atoms with van der Waals surface area (Å²) >= 11 is 0. The van der Waals surface area contributed by atoms with Gasteiger partial charge in [-0.05, 0) is 24.1 Å². The molecular formula is C10H12O2. The molecule has 0 atom stereocenters. The van der Waals surface area contributed by atoms with Gasteiger partial charge in [0.1, 0.15) is 5.75 Å². The molecule has 0 aromatic heterocycles. The molecule has 0 saturated carbocycles. The predicted octanol–water partition coefficient (Wildman–Crippen LogP) is 1.79. The first-order chi connectivity index (χ1) is 5.83. The van der Waals surface area contributed by atoms with Crippen LogP contribution >= 0.6 is 0 Å². The largest absolute Gasteiger partial charge is 0.508 e. The van der Waals surface area contributed by atoms with E-state index in [0.717, 1.165) is 5.56 Å². The first-order valence-electron chi connectivity index (χ1n) is 3.89. The second-order valence-electron chi connectivity index (χ2n) is 2.51. The van der Waals surface area contributed by atoms with E-state index < -0.39 is 0 Å². The van der Waals surface area contributed by atoms with Gasteiger partial charge in [0, 0.05) is 6.61 Å². The van der Waals surface area contributed by atoms with Crippen LogP contribution in [-0.2, 0) is 0 Å². The highest BCUT2D eigenvalue weighted by Gasteiger charge is 1.86. The van der Waals surface area contributed by atoms with Crippen molar-refractivity contribution in [2.24, 2.45) is 0 Å². The SMILES string of the molecule is OCC/C=C\c1ccc(O)cc1. The normalized spacial score (nSPS) is 10.8. The number of phenols is 1. The number of hydrogen-bond acceptors (Lipinski definition) is 2. The van der Waals surface area contributed by atoms with Crippen LogP contribution in [-0.4, -0.2) is 16.8 Å². The maximum atomic E-state index is 8.96. The van der Waals surface area contributed by atoms with Crippen LogP contribution in [0.4, 0.5) is 0 Å². The van der Waals surface area contributed by atoms with Crippen LogP contribution in [0.5, 0.6) is 5.75 Å². The second-order valence-corrected chi connectivity index (χ2v) is 2.51. The van der Waals surface area contributed by atoms with Gasteiger partial charge in [0.15, 0.2) is 0 Å². The third-order valence-electron chi connectivity index (χ3n) is 1.50. The minimum absolute atomic E-state index is 0.175. The van der Waals surface area contributed by atoms with E-state index in [0.29, 0.717) is 6.42 Å². The van der Waals surface area contributed by atoms with Crippen LogP contribution in [0.1, 0.15) is 12.0 Å². The highest BCUT2D eigenvalue weighted by atomic mass is 16.3. The topological polar surface area (TPSA) is 40.5 Å². The lowest BCUT2D eigenvalue weighted by Crippen LogP contribution is -1.75. The Bertz CT molecular complexity index is 249. The Balaban J connectivity index is 2.58. The van der Waals surface area contributed by atoms with Crippen molar-refractivity contribution in [3.8, 4) is 5.75 Å². The Morgan fingerprint density at radius 2 is 1.83 bits per heavy atom. The molecule has 0 aliphatic carbocycles. The smallest absolute Gasteiger partial charge is 0.115 e. The molecule has 2 heteroatoms. The van der Waals surface area contributed by atoms with E-state index in [4.69, 9.17) is 10.2 Å². The van der Waals surface area contributed by atoms with Crippen molar-refractivity contribution in [2.45, 2.75) is 6.42 Å². The molecule has 0 aliphatic heterocycles. The lowest BCUT2D eigenvalue weighted by Gasteiger charge is -1.93. The number of aliphatic hydroxyl groups excluding tert-OH is 1. The molecule has 2 nitrogen and oxygen atoms in total. The molecule has 2 N–H and O–H groups in total. The Morgan fingerprint density at radius 1 is 1.17 bits per heavy atom. The van der Waals surface area contributed by atoms with E-state index >= 15 is 0 Å². The minimum Gasteiger partial charge on any atom is -0.508 e. The van der Waals surface area contributed by atoms with Crippen LogP contribution in [0.15, 0.2) is 30.3 Å². The molecule has 0 radical (unpaired) electrons. The molecule has 0 bridgehead atoms. The quantitative estimate of drug-likeness (QED) is 0.715. The zero-order valence-corrected chi connectivity index (χ0v) is 6.77. The van der Waals surface area contributed by atoms with Crippen LogP contribution in [0.25, 0.3) is 6.08 Å². The van der Waals surface area contributed by atoms with Crippen molar-refractivity contribution in [1.82, 2.24) is 0 Å². The van der Waals surface area contributed by atoms with Crippen molar-refractivity contribution in [3.63, 3.8) is 0 Å². The molecule has 12 heavy (non-hydrogen) atoms. The maximum Gasteiger partial charge on any atom is 0.115 e. The predicted molar refractivity (Wildman–Crippen MR) is 48.8 cm³/mol. The molecule has 1 aromatic carbocycles. The first kappa shape index (κ1) is 8.81. The van der Waals surface area contributed by atoms with Crippen LogP contribution in [0.2, 0.25) is 0 Å². The summed E-state index contributed by atoms with van der Waals surface area (Å²) in [5.41, 5.74) is 1.03. The van der Waals surface area contributed by atoms with Crippen LogP contribution in [0, 0.1) is 0 Å². The van der Waals surface area contributed by atoms with Gasteiger partial charge in [0.05, 0.1) is 0 Å². The fraction of sp³-hybridized carbons (Fsp3) is 0.200. The lowest BCUT2D eigenvalue weighted by atomic mass is 10.2. The molecule has 64 valence electrons. The number of benzene rings is 1. The summed E-state index contributed by atoms with van der Waals surface area (Å²) in [7, 11) is 0. The van der Waals surface area contributed by atoms with Crippen LogP contribution in [0.3, 0.4) is 0 Å². The third-order valence-corrected chi connectivity index (χ3v) is 1.50. The van der Waals surface area contributed by atoms with Gasteiger partial charge in [0.25, 0.3) is 0 Å². The van der Waals surface area contributed by atoms with E-state index in [1.54, 1.807) is 12.1 Å². The molecular weight excluding hydrogens is 152 g/mol. The van der Waals surface area contributed by atoms with Gasteiger partial charge in [-0.1, -0.05) is 24.3 Å². The molecule has 0 heterocycles. The van der Waals surface area contributed by atoms with Gasteiger partial charge in [-0.3, -0.25) is 0 Å². The number of hydrogen-bond donors (Lipinski definition) is 2. The van der Waals surface area contributed by atoms with Crippen molar-refractivity contribution in [2.75, 3.05) is 6.61 Å². The number of phenolic OH excluding ortho intramolecular Hbond substituents is 1. The maximum absolute atomic E-state index is 8.96. The Kier molecular flexibility index (Phi) is 3.35. The molecule has 0 amide bonds. The van der Waals surface area contributed by atoms with Gasteiger partial charge in [-0.2, -0.15) is 0 Å². The number of rotatable bonds is 3. The van der Waals surface area contributed by atoms with Gasteiger partial charge < -0.3 is 10.2 Å². The molecule has 1 rings (SSSR count). The fourth-order valence-electron chi connectivity index (χ4n) is 0.879. The second kappa shape index (κ2) is 4.57. The fourth-order valence-corrected chi connectivity index (χ4v) is 0.879. The summed E-state index contributed by atoms with van der Waals surface area (Å²) in [5.74, 6) is 0.273. The summed E-state index contributed by atoms with van der Waals surface area (Å²) < 4.78 is 0. The highest BCUT2D eigenvalue weighted by Crippen LogP contribution is 2.10. The summed E-state index contributed by atoms with van der Waals surface area (Å²) in [6, 6.07) is 6.92. The standard InChI is InChI=1S/C10H12O2/c11-8-2-1-3-9-4-6-10(12)7-5-9/h1,3-7,11-12H,2,8H2/b3-1-. The minimum atomic E-state index is 0.175. The summed E-state index contributed by atoms with van der Waals surface area (Å²) in [6.07, 6.45) is 4.48. The van der Waals surface area contributed by atoms with Crippen molar-refractivity contribution < 1.29 is 10.2 Å². The third kappa shape index (κ3) is 2.76. The zero-order chi connectivity index (χ0) is 8.81. The van der Waals surface area contributed by atoms with E-state index in [-0.39, 0.29) is 12.4 Å². The Morgan fingerprint density at radius 3 is 2.42 bits per heavy atom. The summed E-state index contributed by atoms with van der Waals surface area (Å²) in [6.45, 7) is 0.175. The first-order valence-corrected chi connectivity index (χ1v) is 3.89. The lowest BCUT2D eigenvalue weighted by molar-refractivity contribution is 0.303. The average molecular weight is 164 g/mol. The monoisotopic (exact) mass is 164 g/mol. The molecule has 0 spiro atoms. The highest BCUT2D eigenvalue weighted by molar-refractivity contribution is 5.50. The van der Waals surface area contributed by atoms with E-state index in [2.05, 4.69) is 0 Å². The summed E-state index contributed by atoms with van der Waals surface area (Å²) in [5, 5.41) is 17.5. The number of aliphatic hydroxyl groups is 1. The van der Waals surface area contributed by atoms with E-state index in [1.165, 1.54) is 0 Å². The van der Waals surface area contributed by atoms with Gasteiger partial charge in [-0.15, -0.1) is 0 Å². The average Bonchev–Trinajstić information content (AvgIpc) is 2.09. The van der Waals surface area contributed by atoms with Crippen LogP contribution < -0.4 is 0 Å². The van der Waals surface area contributed by atoms with E-state index in [9.17, 15) is 0 Å². The Labute approximate surface area is 71.8 Å². The number of aromatic hydroxyl groups is 1. The molecule has 0 aliphatic rings. The molecule has 0 unspecified atom stereocenters. The molecule has 1 aromatic rings. The van der Waals surface area contributed by atoms with Gasteiger partial charge in [-0.25, -0.2) is 0 Å². The van der Waals surface area contributed by atoms with Gasteiger partial charge in [0.2, 0.25) is 0 Å². The molecule has 0 saturated heterocycles. The molecule has 0 fully saturated rings. The van der Waals surface area contributed by atoms with Crippen molar-refractivity contribution >= 4 is 6.08 Å². The van der Waals surface area contributed by atoms with E-state index in [1.807, 2.05) is 24.3 Å². The van der Waals surface area contributed by atoms with Crippen molar-refractivity contribution in [1.29, 1.82) is 0 Å². The van der Waals surface area contributed by atoms with Crippen molar-refractivity contribution in [3.05, 3.63) is 35.9 Å². The zero-order valence-electron chi connectivity index (χ0n) is 6.77. The Hall–Kier alpha value is -1.28.